The molecule has 3 aliphatic heterocycles. The molecule has 0 aliphatic carbocycles. The smallest absolute Gasteiger partial charge is 0.410 e. The van der Waals surface area contributed by atoms with Crippen molar-refractivity contribution in [1.29, 1.82) is 0 Å². The van der Waals surface area contributed by atoms with Crippen LogP contribution in [0.1, 0.15) is 106 Å². The molecule has 0 spiro atoms. The molecule has 5 atom stereocenters. The molecule has 1 aromatic carbocycles. The summed E-state index contributed by atoms with van der Waals surface area (Å²) in [6, 6.07) is 2.73. The van der Waals surface area contributed by atoms with Gasteiger partial charge in [-0.25, -0.2) is 9.59 Å². The summed E-state index contributed by atoms with van der Waals surface area (Å²) in [5.41, 5.74) is 0.125. The van der Waals surface area contributed by atoms with Gasteiger partial charge in [0, 0.05) is 45.4 Å². The highest BCUT2D eigenvalue weighted by molar-refractivity contribution is 6.38. The standard InChI is InChI=1S/C44H65N7O9/c1-11-15-30(35(54)38(56)45-19-12-2)46-37(55)31-21-29(60-41(59)49-20-18-27-16-13-14-17-28(27)24-49)25-50(31)39(57)36(43(6,7)8)48-40(58)47-32(42(3,4)5)26-51-33(52)22-44(9,10)23-34(51)53/h12-14,16-17,29-32,36H,2,11,15,18-26H2,1,3-10H3,(H,45,56)(H,46,55)(H2,47,48,58)/t29-,30?,31+,32-,36-/m1/s1. The van der Waals surface area contributed by atoms with E-state index in [4.69, 9.17) is 4.74 Å². The van der Waals surface area contributed by atoms with Gasteiger partial charge in [-0.2, -0.15) is 0 Å². The second kappa shape index (κ2) is 19.4. The maximum atomic E-state index is 14.7. The van der Waals surface area contributed by atoms with Crippen molar-refractivity contribution in [2.75, 3.05) is 26.2 Å². The lowest BCUT2D eigenvalue weighted by Crippen LogP contribution is -2.62. The summed E-state index contributed by atoms with van der Waals surface area (Å²) in [6.45, 7) is 20.5. The highest BCUT2D eigenvalue weighted by Crippen LogP contribution is 2.33. The zero-order chi connectivity index (χ0) is 44.7. The first kappa shape index (κ1) is 47.4. The predicted octanol–water partition coefficient (Wildman–Crippen LogP) is 3.61. The van der Waals surface area contributed by atoms with Gasteiger partial charge in [-0.3, -0.25) is 33.7 Å². The summed E-state index contributed by atoms with van der Waals surface area (Å²) in [5, 5.41) is 10.8. The van der Waals surface area contributed by atoms with Gasteiger partial charge >= 0.3 is 12.1 Å². The Morgan fingerprint density at radius 2 is 1.57 bits per heavy atom. The summed E-state index contributed by atoms with van der Waals surface area (Å²) >= 11 is 0. The number of piperidine rings is 1. The molecule has 0 aromatic heterocycles. The van der Waals surface area contributed by atoms with Gasteiger partial charge in [0.25, 0.3) is 5.91 Å². The van der Waals surface area contributed by atoms with Gasteiger partial charge in [0.2, 0.25) is 29.4 Å². The fourth-order valence-electron chi connectivity index (χ4n) is 7.76. The molecular formula is C44H65N7O9. The van der Waals surface area contributed by atoms with E-state index in [2.05, 4.69) is 27.8 Å². The van der Waals surface area contributed by atoms with Crippen molar-refractivity contribution in [3.63, 3.8) is 0 Å². The Bertz CT molecular complexity index is 1810. The number of imide groups is 1. The normalized spacial score (nSPS) is 20.6. The minimum atomic E-state index is -1.24. The number of ether oxygens (including phenoxy) is 1. The van der Waals surface area contributed by atoms with Crippen LogP contribution < -0.4 is 21.3 Å². The van der Waals surface area contributed by atoms with Crippen LogP contribution in [0.5, 0.6) is 0 Å². The number of hydrogen-bond acceptors (Lipinski definition) is 9. The number of urea groups is 1. The monoisotopic (exact) mass is 835 g/mol. The number of nitrogens with one attached hydrogen (secondary N) is 4. The second-order valence-corrected chi connectivity index (χ2v) is 19.2. The Kier molecular flexibility index (Phi) is 15.3. The van der Waals surface area contributed by atoms with Crippen molar-refractivity contribution >= 4 is 47.4 Å². The first-order valence-corrected chi connectivity index (χ1v) is 20.9. The van der Waals surface area contributed by atoms with E-state index >= 15 is 0 Å². The van der Waals surface area contributed by atoms with Gasteiger partial charge in [0.15, 0.2) is 0 Å². The van der Waals surface area contributed by atoms with Crippen LogP contribution >= 0.6 is 0 Å². The maximum Gasteiger partial charge on any atom is 0.410 e. The van der Waals surface area contributed by atoms with E-state index in [1.807, 2.05) is 58.9 Å². The summed E-state index contributed by atoms with van der Waals surface area (Å²) in [6.07, 6.45) is 1.40. The minimum absolute atomic E-state index is 0.0516. The molecule has 1 aromatic rings. The predicted molar refractivity (Wildman–Crippen MR) is 224 cm³/mol. The molecule has 2 fully saturated rings. The summed E-state index contributed by atoms with van der Waals surface area (Å²) in [4.78, 5) is 112. The van der Waals surface area contributed by atoms with Crippen LogP contribution in [0.4, 0.5) is 9.59 Å². The SMILES string of the molecule is C=CCNC(=O)C(=O)C(CCC)NC(=O)[C@@H]1C[C@@H](OC(=O)N2CCc3ccccc3C2)CN1C(=O)[C@@H](NC(=O)N[C@H](CN1C(=O)CC(C)(C)CC1=O)C(C)(C)C)C(C)(C)C. The lowest BCUT2D eigenvalue weighted by molar-refractivity contribution is -0.153. The van der Waals surface area contributed by atoms with Gasteiger partial charge in [-0.05, 0) is 40.2 Å². The van der Waals surface area contributed by atoms with Crippen molar-refractivity contribution in [3.05, 3.63) is 48.0 Å². The fraction of sp³-hybridized carbons (Fsp3) is 0.636. The molecule has 8 amide bonds. The van der Waals surface area contributed by atoms with Crippen molar-refractivity contribution in [2.45, 2.75) is 138 Å². The maximum absolute atomic E-state index is 14.7. The van der Waals surface area contributed by atoms with E-state index in [-0.39, 0.29) is 57.1 Å². The van der Waals surface area contributed by atoms with Crippen LogP contribution in [0.15, 0.2) is 36.9 Å². The van der Waals surface area contributed by atoms with E-state index in [0.717, 1.165) is 11.1 Å². The number of Topliss-reactive ketones (excluding diaryl/α,β-unsaturated/α-hetero) is 1. The van der Waals surface area contributed by atoms with E-state index in [1.165, 1.54) is 15.9 Å². The van der Waals surface area contributed by atoms with Crippen LogP contribution in [0.2, 0.25) is 0 Å². The number of fused-ring (bicyclic) bond motifs is 1. The Labute approximate surface area is 353 Å². The third-order valence-corrected chi connectivity index (χ3v) is 11.3. The first-order valence-electron chi connectivity index (χ1n) is 20.9. The zero-order valence-corrected chi connectivity index (χ0v) is 36.8. The molecule has 1 unspecified atom stereocenters. The van der Waals surface area contributed by atoms with Crippen LogP contribution in [-0.2, 0) is 46.5 Å². The molecule has 3 heterocycles. The van der Waals surface area contributed by atoms with Crippen LogP contribution in [-0.4, -0.2) is 119 Å². The fourth-order valence-corrected chi connectivity index (χ4v) is 7.76. The highest BCUT2D eigenvalue weighted by atomic mass is 16.6. The lowest BCUT2D eigenvalue weighted by atomic mass is 9.80. The van der Waals surface area contributed by atoms with Gasteiger partial charge in [0.05, 0.1) is 18.6 Å². The number of nitrogens with zero attached hydrogens (tertiary/aromatic N) is 3. The Hall–Kier alpha value is -5.28. The van der Waals surface area contributed by atoms with Gasteiger partial charge in [0.1, 0.15) is 18.2 Å². The van der Waals surface area contributed by atoms with Crippen LogP contribution in [0.25, 0.3) is 0 Å². The largest absolute Gasteiger partial charge is 0.444 e. The van der Waals surface area contributed by atoms with Crippen LogP contribution in [0.3, 0.4) is 0 Å². The first-order chi connectivity index (χ1) is 27.9. The van der Waals surface area contributed by atoms with E-state index in [0.29, 0.717) is 25.9 Å². The second-order valence-electron chi connectivity index (χ2n) is 19.2. The van der Waals surface area contributed by atoms with E-state index < -0.39 is 82.1 Å². The number of carbonyl (C=O) groups excluding carboxylic acids is 8. The summed E-state index contributed by atoms with van der Waals surface area (Å²) < 4.78 is 5.96. The average molecular weight is 836 g/mol. The quantitative estimate of drug-likeness (QED) is 0.123. The molecule has 330 valence electrons. The lowest BCUT2D eigenvalue weighted by Gasteiger charge is -2.40. The minimum Gasteiger partial charge on any atom is -0.444 e. The molecule has 0 radical (unpaired) electrons. The van der Waals surface area contributed by atoms with Gasteiger partial charge < -0.3 is 35.8 Å². The van der Waals surface area contributed by atoms with Crippen LogP contribution in [0, 0.1) is 16.2 Å². The molecule has 16 heteroatoms. The molecule has 3 aliphatic rings. The van der Waals surface area contributed by atoms with E-state index in [1.54, 1.807) is 32.6 Å². The highest BCUT2D eigenvalue weighted by Gasteiger charge is 2.48. The average Bonchev–Trinajstić information content (AvgIpc) is 3.58. The molecule has 60 heavy (non-hydrogen) atoms. The summed E-state index contributed by atoms with van der Waals surface area (Å²) in [7, 11) is 0. The molecule has 0 saturated carbocycles. The van der Waals surface area contributed by atoms with E-state index in [9.17, 15) is 38.4 Å². The molecule has 16 nitrogen and oxygen atoms in total. The number of likely N-dealkylation sites (tertiary alicyclic amines) is 2. The van der Waals surface area contributed by atoms with Crippen molar-refractivity contribution in [2.24, 2.45) is 16.2 Å². The Morgan fingerprint density at radius 1 is 0.933 bits per heavy atom. The van der Waals surface area contributed by atoms with Gasteiger partial charge in [-0.1, -0.05) is 99.1 Å². The third kappa shape index (κ3) is 12.2. The molecule has 2 saturated heterocycles. The Morgan fingerprint density at radius 3 is 2.15 bits per heavy atom. The number of ketones is 1. The number of hydrogen-bond donors (Lipinski definition) is 4. The van der Waals surface area contributed by atoms with Gasteiger partial charge in [-0.15, -0.1) is 6.58 Å². The number of benzene rings is 1. The molecular weight excluding hydrogens is 771 g/mol. The summed E-state index contributed by atoms with van der Waals surface area (Å²) in [5.74, 6) is -3.75. The molecule has 0 bridgehead atoms. The number of amides is 8. The molecule has 4 rings (SSSR count). The topological polar surface area (TPSA) is 204 Å². The van der Waals surface area contributed by atoms with Crippen molar-refractivity contribution in [3.8, 4) is 0 Å². The molecule has 4 N–H and O–H groups in total. The third-order valence-electron chi connectivity index (χ3n) is 11.3. The number of carbonyl (C=O) groups is 8. The zero-order valence-electron chi connectivity index (χ0n) is 36.8. The number of rotatable bonds is 14. The van der Waals surface area contributed by atoms with Crippen molar-refractivity contribution in [1.82, 2.24) is 36.0 Å². The Balaban J connectivity index is 1.58. The van der Waals surface area contributed by atoms with Crippen molar-refractivity contribution < 1.29 is 43.1 Å².